The van der Waals surface area contributed by atoms with Crippen LogP contribution in [0.2, 0.25) is 0 Å². The van der Waals surface area contributed by atoms with Gasteiger partial charge in [-0.2, -0.15) is 0 Å². The molecule has 0 bridgehead atoms. The van der Waals surface area contributed by atoms with Gasteiger partial charge in [0.1, 0.15) is 28.0 Å². The molecule has 2 amide bonds. The van der Waals surface area contributed by atoms with Gasteiger partial charge < -0.3 is 24.8 Å². The monoisotopic (exact) mass is 543 g/mol. The molecule has 200 valence electrons. The summed E-state index contributed by atoms with van der Waals surface area (Å²) in [6.07, 6.45) is 0. The van der Waals surface area contributed by atoms with Crippen molar-refractivity contribution in [2.45, 2.75) is 18.7 Å². The number of phenolic OH excluding ortho intramolecular Hbond substituents is 1. The maximum absolute atomic E-state index is 13.2. The molecule has 3 aromatic rings. The lowest BCUT2D eigenvalue weighted by molar-refractivity contribution is -0.145. The van der Waals surface area contributed by atoms with Gasteiger partial charge in [-0.1, -0.05) is 0 Å². The van der Waals surface area contributed by atoms with Gasteiger partial charge in [0.05, 0.1) is 13.2 Å². The molecule has 1 aliphatic rings. The van der Waals surface area contributed by atoms with Gasteiger partial charge in [-0.3, -0.25) is 14.3 Å². The smallest absolute Gasteiger partial charge is 0.313 e. The number of ether oxygens (including phenoxy) is 2. The first-order valence-electron chi connectivity index (χ1n) is 11.6. The summed E-state index contributed by atoms with van der Waals surface area (Å²) in [5.74, 6) is -1.89. The standard InChI is InChI=1S/C26H26FN3O7S/c1-16-13-20(28-25(32)26(33)30-9-11-36-12-10-30)14-17(2)24(16)37-21-7-8-22(31)23(15-21)38(34,35)29-19-5-3-18(27)4-6-19/h3-8,13-15,29,31H,9-12H2,1-2H3,(H,28,32). The largest absolute Gasteiger partial charge is 0.507 e. The van der Waals surface area contributed by atoms with Gasteiger partial charge in [-0.05, 0) is 73.5 Å². The third-order valence-corrected chi connectivity index (χ3v) is 7.16. The van der Waals surface area contributed by atoms with Crippen LogP contribution < -0.4 is 14.8 Å². The SMILES string of the molecule is Cc1cc(NC(=O)C(=O)N2CCOCC2)cc(C)c1Oc1ccc(O)c(S(=O)(=O)Nc2ccc(F)cc2)c1. The van der Waals surface area contributed by atoms with Crippen molar-refractivity contribution < 1.29 is 37.0 Å². The lowest BCUT2D eigenvalue weighted by Crippen LogP contribution is -2.45. The molecule has 0 radical (unpaired) electrons. The fraction of sp³-hybridized carbons (Fsp3) is 0.231. The molecule has 1 aliphatic heterocycles. The number of carbonyl (C=O) groups excluding carboxylic acids is 2. The summed E-state index contributed by atoms with van der Waals surface area (Å²) in [6.45, 7) is 4.92. The summed E-state index contributed by atoms with van der Waals surface area (Å²) in [6, 6.07) is 11.7. The van der Waals surface area contributed by atoms with Gasteiger partial charge in [-0.25, -0.2) is 12.8 Å². The van der Waals surface area contributed by atoms with Crippen molar-refractivity contribution in [3.05, 3.63) is 71.5 Å². The molecule has 1 fully saturated rings. The third kappa shape index (κ3) is 6.21. The van der Waals surface area contributed by atoms with Crippen molar-refractivity contribution in [1.29, 1.82) is 0 Å². The Morgan fingerprint density at radius 1 is 0.974 bits per heavy atom. The molecule has 0 spiro atoms. The number of hydrogen-bond acceptors (Lipinski definition) is 7. The van der Waals surface area contributed by atoms with E-state index in [0.717, 1.165) is 18.2 Å². The molecular formula is C26H26FN3O7S. The Hall–Kier alpha value is -4.16. The summed E-state index contributed by atoms with van der Waals surface area (Å²) < 4.78 is 52.3. The van der Waals surface area contributed by atoms with Crippen molar-refractivity contribution in [3.63, 3.8) is 0 Å². The zero-order valence-electron chi connectivity index (χ0n) is 20.7. The highest BCUT2D eigenvalue weighted by atomic mass is 32.2. The van der Waals surface area contributed by atoms with Gasteiger partial charge in [-0.15, -0.1) is 0 Å². The van der Waals surface area contributed by atoms with E-state index in [4.69, 9.17) is 9.47 Å². The van der Waals surface area contributed by atoms with Gasteiger partial charge in [0.15, 0.2) is 0 Å². The summed E-state index contributed by atoms with van der Waals surface area (Å²) in [5.41, 5.74) is 1.74. The molecule has 0 aliphatic carbocycles. The Morgan fingerprint density at radius 3 is 2.24 bits per heavy atom. The number of anilines is 2. The van der Waals surface area contributed by atoms with Crippen molar-refractivity contribution in [1.82, 2.24) is 4.90 Å². The quantitative estimate of drug-likeness (QED) is 0.405. The minimum absolute atomic E-state index is 0.119. The average molecular weight is 544 g/mol. The summed E-state index contributed by atoms with van der Waals surface area (Å²) in [5, 5.41) is 12.8. The fourth-order valence-electron chi connectivity index (χ4n) is 3.90. The number of nitrogens with zero attached hydrogens (tertiary/aromatic N) is 1. The number of nitrogens with one attached hydrogen (secondary N) is 2. The van der Waals surface area contributed by atoms with E-state index in [1.807, 2.05) is 0 Å². The van der Waals surface area contributed by atoms with Gasteiger partial charge >= 0.3 is 11.8 Å². The first kappa shape index (κ1) is 26.9. The highest BCUT2D eigenvalue weighted by Gasteiger charge is 2.24. The topological polar surface area (TPSA) is 134 Å². The number of hydrogen-bond donors (Lipinski definition) is 3. The zero-order chi connectivity index (χ0) is 27.4. The van der Waals surface area contributed by atoms with E-state index in [2.05, 4.69) is 10.0 Å². The lowest BCUT2D eigenvalue weighted by Gasteiger charge is -2.26. The van der Waals surface area contributed by atoms with E-state index in [1.165, 1.54) is 29.2 Å². The van der Waals surface area contributed by atoms with Gasteiger partial charge in [0, 0.05) is 30.5 Å². The molecular weight excluding hydrogens is 517 g/mol. The molecule has 0 unspecified atom stereocenters. The van der Waals surface area contributed by atoms with Gasteiger partial charge in [0.25, 0.3) is 10.0 Å². The number of aromatic hydroxyl groups is 1. The second-order valence-corrected chi connectivity index (χ2v) is 10.3. The van der Waals surface area contributed by atoms with Crippen molar-refractivity contribution in [2.24, 2.45) is 0 Å². The number of sulfonamides is 1. The highest BCUT2D eigenvalue weighted by Crippen LogP contribution is 2.35. The molecule has 1 saturated heterocycles. The predicted octanol–water partition coefficient (Wildman–Crippen LogP) is 3.54. The number of benzene rings is 3. The van der Waals surface area contributed by atoms with Crippen LogP contribution in [0, 0.1) is 19.7 Å². The molecule has 10 nitrogen and oxygen atoms in total. The van der Waals surface area contributed by atoms with Gasteiger partial charge in [0.2, 0.25) is 0 Å². The summed E-state index contributed by atoms with van der Waals surface area (Å²) >= 11 is 0. The minimum Gasteiger partial charge on any atom is -0.507 e. The van der Waals surface area contributed by atoms with Crippen molar-refractivity contribution in [2.75, 3.05) is 36.3 Å². The Bertz CT molecular complexity index is 1450. The van der Waals surface area contributed by atoms with Crippen LogP contribution in [0.4, 0.5) is 15.8 Å². The van der Waals surface area contributed by atoms with Crippen LogP contribution in [0.5, 0.6) is 17.2 Å². The molecule has 0 saturated carbocycles. The maximum atomic E-state index is 13.2. The van der Waals surface area contributed by atoms with Crippen LogP contribution in [-0.2, 0) is 24.3 Å². The first-order chi connectivity index (χ1) is 18.0. The highest BCUT2D eigenvalue weighted by molar-refractivity contribution is 7.92. The molecule has 3 aromatic carbocycles. The van der Waals surface area contributed by atoms with E-state index < -0.39 is 38.3 Å². The predicted molar refractivity (Wildman–Crippen MR) is 137 cm³/mol. The van der Waals surface area contributed by atoms with Crippen LogP contribution in [-0.4, -0.2) is 56.5 Å². The van der Waals surface area contributed by atoms with Crippen molar-refractivity contribution >= 4 is 33.2 Å². The fourth-order valence-corrected chi connectivity index (χ4v) is 5.07. The zero-order valence-corrected chi connectivity index (χ0v) is 21.5. The normalized spacial score (nSPS) is 13.6. The Labute approximate surface area is 219 Å². The Morgan fingerprint density at radius 2 is 1.61 bits per heavy atom. The average Bonchev–Trinajstić information content (AvgIpc) is 2.88. The molecule has 4 rings (SSSR count). The van der Waals surface area contributed by atoms with E-state index in [0.29, 0.717) is 48.9 Å². The van der Waals surface area contributed by atoms with Crippen LogP contribution in [0.15, 0.2) is 59.5 Å². The Balaban J connectivity index is 1.51. The second-order valence-electron chi connectivity index (χ2n) is 8.64. The van der Waals surface area contributed by atoms with Crippen LogP contribution in [0.3, 0.4) is 0 Å². The number of phenols is 1. The van der Waals surface area contributed by atoms with Crippen LogP contribution >= 0.6 is 0 Å². The number of morpholine rings is 1. The number of halogens is 1. The lowest BCUT2D eigenvalue weighted by atomic mass is 10.1. The first-order valence-corrected chi connectivity index (χ1v) is 13.1. The minimum atomic E-state index is -4.22. The number of aryl methyl sites for hydroxylation is 2. The third-order valence-electron chi connectivity index (χ3n) is 5.75. The van der Waals surface area contributed by atoms with E-state index in [-0.39, 0.29) is 11.4 Å². The molecule has 3 N–H and O–H groups in total. The molecule has 1 heterocycles. The van der Waals surface area contributed by atoms with Crippen LogP contribution in [0.1, 0.15) is 11.1 Å². The van der Waals surface area contributed by atoms with E-state index in [9.17, 15) is 27.5 Å². The summed E-state index contributed by atoms with van der Waals surface area (Å²) in [7, 11) is -4.22. The van der Waals surface area contributed by atoms with E-state index in [1.54, 1.807) is 26.0 Å². The molecule has 0 aromatic heterocycles. The summed E-state index contributed by atoms with van der Waals surface area (Å²) in [4.78, 5) is 25.8. The molecule has 38 heavy (non-hydrogen) atoms. The Kier molecular flexibility index (Phi) is 7.83. The molecule has 0 atom stereocenters. The maximum Gasteiger partial charge on any atom is 0.313 e. The van der Waals surface area contributed by atoms with E-state index >= 15 is 0 Å². The number of rotatable bonds is 6. The van der Waals surface area contributed by atoms with Crippen LogP contribution in [0.25, 0.3) is 0 Å². The van der Waals surface area contributed by atoms with Crippen molar-refractivity contribution in [3.8, 4) is 17.2 Å². The number of amides is 2. The second kappa shape index (κ2) is 11.1. The number of carbonyl (C=O) groups is 2. The molecule has 12 heteroatoms.